The van der Waals surface area contributed by atoms with Crippen molar-refractivity contribution >= 4 is 28.8 Å². The van der Waals surface area contributed by atoms with Crippen LogP contribution in [0.4, 0.5) is 0 Å². The van der Waals surface area contributed by atoms with Crippen molar-refractivity contribution in [2.75, 3.05) is 33.4 Å². The first kappa shape index (κ1) is 19.3. The molecule has 26 heavy (non-hydrogen) atoms. The van der Waals surface area contributed by atoms with Crippen molar-refractivity contribution in [1.82, 2.24) is 14.8 Å². The Kier molecular flexibility index (Phi) is 7.02. The fourth-order valence-corrected chi connectivity index (χ4v) is 3.82. The maximum Gasteiger partial charge on any atom is 0.222 e. The van der Waals surface area contributed by atoms with Gasteiger partial charge in [0.25, 0.3) is 0 Å². The van der Waals surface area contributed by atoms with E-state index in [1.165, 1.54) is 0 Å². The predicted octanol–water partition coefficient (Wildman–Crippen LogP) is 3.22. The van der Waals surface area contributed by atoms with Crippen LogP contribution in [0.5, 0.6) is 0 Å². The van der Waals surface area contributed by atoms with Crippen LogP contribution in [0.1, 0.15) is 22.7 Å². The van der Waals surface area contributed by atoms with E-state index in [0.29, 0.717) is 18.0 Å². The molecule has 1 aliphatic heterocycles. The van der Waals surface area contributed by atoms with Crippen LogP contribution >= 0.6 is 22.9 Å². The largest absolute Gasteiger partial charge is 0.379 e. The van der Waals surface area contributed by atoms with E-state index in [0.717, 1.165) is 55.5 Å². The van der Waals surface area contributed by atoms with E-state index in [4.69, 9.17) is 16.3 Å². The summed E-state index contributed by atoms with van der Waals surface area (Å²) >= 11 is 7.55. The smallest absolute Gasteiger partial charge is 0.222 e. The number of carbonyl (C=O) groups excluding carboxylic acids is 1. The number of ether oxygens (including phenoxy) is 1. The van der Waals surface area contributed by atoms with Crippen LogP contribution in [0, 0.1) is 0 Å². The average molecular weight is 394 g/mol. The van der Waals surface area contributed by atoms with Crippen molar-refractivity contribution in [2.45, 2.75) is 25.9 Å². The van der Waals surface area contributed by atoms with Gasteiger partial charge in [-0.25, -0.2) is 4.98 Å². The van der Waals surface area contributed by atoms with Crippen molar-refractivity contribution in [3.8, 4) is 0 Å². The number of benzene rings is 1. The fraction of sp³-hybridized carbons (Fsp3) is 0.474. The van der Waals surface area contributed by atoms with Crippen LogP contribution in [-0.2, 0) is 29.0 Å². The molecule has 5 nitrogen and oxygen atoms in total. The lowest BCUT2D eigenvalue weighted by Gasteiger charge is -2.25. The molecular formula is C19H24ClN3O2S. The quantitative estimate of drug-likeness (QED) is 0.724. The van der Waals surface area contributed by atoms with E-state index in [1.54, 1.807) is 16.2 Å². The highest BCUT2D eigenvalue weighted by Gasteiger charge is 2.15. The van der Waals surface area contributed by atoms with Gasteiger partial charge in [0.2, 0.25) is 5.91 Å². The van der Waals surface area contributed by atoms with Crippen LogP contribution < -0.4 is 0 Å². The number of morpholine rings is 1. The Hall–Kier alpha value is -1.47. The number of aryl methyl sites for hydroxylation is 1. The van der Waals surface area contributed by atoms with Crippen molar-refractivity contribution in [3.05, 3.63) is 50.9 Å². The van der Waals surface area contributed by atoms with Crippen molar-refractivity contribution in [3.63, 3.8) is 0 Å². The summed E-state index contributed by atoms with van der Waals surface area (Å²) < 4.78 is 5.37. The highest BCUT2D eigenvalue weighted by atomic mass is 35.5. The van der Waals surface area contributed by atoms with Gasteiger partial charge in [0.05, 0.1) is 32.0 Å². The van der Waals surface area contributed by atoms with Crippen LogP contribution in [0.25, 0.3) is 0 Å². The second-order valence-corrected chi connectivity index (χ2v) is 7.88. The lowest BCUT2D eigenvalue weighted by molar-refractivity contribution is -0.130. The first-order valence-corrected chi connectivity index (χ1v) is 10.1. The van der Waals surface area contributed by atoms with Gasteiger partial charge >= 0.3 is 0 Å². The molecule has 0 spiro atoms. The SMILES string of the molecule is CN(Cc1csc(CN2CCOCC2)n1)C(=O)CCc1ccc(Cl)cc1. The van der Waals surface area contributed by atoms with Gasteiger partial charge in [0.15, 0.2) is 0 Å². The predicted molar refractivity (Wildman–Crippen MR) is 104 cm³/mol. The zero-order valence-corrected chi connectivity index (χ0v) is 16.6. The highest BCUT2D eigenvalue weighted by molar-refractivity contribution is 7.09. The maximum atomic E-state index is 12.4. The van der Waals surface area contributed by atoms with E-state index in [9.17, 15) is 4.79 Å². The molecule has 0 aliphatic carbocycles. The molecule has 0 atom stereocenters. The van der Waals surface area contributed by atoms with Crippen molar-refractivity contribution in [2.24, 2.45) is 0 Å². The van der Waals surface area contributed by atoms with Crippen LogP contribution in [0.15, 0.2) is 29.6 Å². The Morgan fingerprint density at radius 2 is 2.04 bits per heavy atom. The van der Waals surface area contributed by atoms with Crippen molar-refractivity contribution < 1.29 is 9.53 Å². The van der Waals surface area contributed by atoms with Gasteiger partial charge in [-0.15, -0.1) is 11.3 Å². The number of hydrogen-bond acceptors (Lipinski definition) is 5. The number of nitrogens with zero attached hydrogens (tertiary/aromatic N) is 3. The second-order valence-electron chi connectivity index (χ2n) is 6.50. The maximum absolute atomic E-state index is 12.4. The minimum Gasteiger partial charge on any atom is -0.379 e. The van der Waals surface area contributed by atoms with Gasteiger partial charge < -0.3 is 9.64 Å². The standard InChI is InChI=1S/C19H24ClN3O2S/c1-22(19(24)7-4-15-2-5-16(20)6-3-15)12-17-14-26-18(21-17)13-23-8-10-25-11-9-23/h2-3,5-6,14H,4,7-13H2,1H3. The monoisotopic (exact) mass is 393 g/mol. The van der Waals surface area contributed by atoms with Crippen molar-refractivity contribution in [1.29, 1.82) is 0 Å². The van der Waals surface area contributed by atoms with Gasteiger partial charge in [-0.3, -0.25) is 9.69 Å². The molecule has 1 aromatic heterocycles. The zero-order chi connectivity index (χ0) is 18.4. The van der Waals surface area contributed by atoms with Gasteiger partial charge in [-0.2, -0.15) is 0 Å². The fourth-order valence-electron chi connectivity index (χ4n) is 2.87. The summed E-state index contributed by atoms with van der Waals surface area (Å²) in [5.74, 6) is 0.127. The first-order valence-electron chi connectivity index (χ1n) is 8.82. The van der Waals surface area contributed by atoms with E-state index in [2.05, 4.69) is 15.3 Å². The molecule has 140 valence electrons. The topological polar surface area (TPSA) is 45.7 Å². The first-order chi connectivity index (χ1) is 12.6. The van der Waals surface area contributed by atoms with Crippen LogP contribution in [0.3, 0.4) is 0 Å². The molecule has 0 saturated carbocycles. The molecule has 1 aliphatic rings. The number of thiazole rings is 1. The van der Waals surface area contributed by atoms with Gasteiger partial charge in [-0.1, -0.05) is 23.7 Å². The van der Waals surface area contributed by atoms with E-state index in [-0.39, 0.29) is 5.91 Å². The Bertz CT molecular complexity index is 714. The number of aromatic nitrogens is 1. The number of hydrogen-bond donors (Lipinski definition) is 0. The third-order valence-electron chi connectivity index (χ3n) is 4.43. The molecule has 0 bridgehead atoms. The molecule has 2 heterocycles. The number of halogens is 1. The zero-order valence-electron chi connectivity index (χ0n) is 15.0. The molecule has 0 radical (unpaired) electrons. The number of rotatable bonds is 7. The molecule has 1 fully saturated rings. The molecule has 7 heteroatoms. The van der Waals surface area contributed by atoms with E-state index >= 15 is 0 Å². The Morgan fingerprint density at radius 1 is 1.31 bits per heavy atom. The summed E-state index contributed by atoms with van der Waals surface area (Å²) in [6, 6.07) is 7.65. The normalized spacial score (nSPS) is 15.2. The van der Waals surface area contributed by atoms with E-state index in [1.807, 2.05) is 31.3 Å². The lowest BCUT2D eigenvalue weighted by Crippen LogP contribution is -2.35. The molecule has 3 rings (SSSR count). The molecule has 0 N–H and O–H groups in total. The van der Waals surface area contributed by atoms with Gasteiger partial charge in [0.1, 0.15) is 5.01 Å². The number of carbonyl (C=O) groups is 1. The Morgan fingerprint density at radius 3 is 2.77 bits per heavy atom. The lowest BCUT2D eigenvalue weighted by atomic mass is 10.1. The Balaban J connectivity index is 1.45. The molecule has 1 amide bonds. The van der Waals surface area contributed by atoms with Gasteiger partial charge in [-0.05, 0) is 24.1 Å². The van der Waals surface area contributed by atoms with Gasteiger partial charge in [0, 0.05) is 37.0 Å². The van der Waals surface area contributed by atoms with E-state index < -0.39 is 0 Å². The summed E-state index contributed by atoms with van der Waals surface area (Å²) in [5, 5.41) is 3.87. The average Bonchev–Trinajstić information content (AvgIpc) is 3.08. The minimum atomic E-state index is 0.127. The number of amides is 1. The third kappa shape index (κ3) is 5.77. The summed E-state index contributed by atoms with van der Waals surface area (Å²) in [5.41, 5.74) is 2.08. The summed E-state index contributed by atoms with van der Waals surface area (Å²) in [7, 11) is 1.84. The molecule has 2 aromatic rings. The third-order valence-corrected chi connectivity index (χ3v) is 5.56. The minimum absolute atomic E-state index is 0.127. The molecule has 1 saturated heterocycles. The Labute approximate surface area is 163 Å². The second kappa shape index (κ2) is 9.46. The summed E-state index contributed by atoms with van der Waals surface area (Å²) in [6.45, 7) is 4.92. The summed E-state index contributed by atoms with van der Waals surface area (Å²) in [6.07, 6.45) is 1.21. The molecule has 0 unspecified atom stereocenters. The van der Waals surface area contributed by atoms with Crippen LogP contribution in [0.2, 0.25) is 5.02 Å². The summed E-state index contributed by atoms with van der Waals surface area (Å²) in [4.78, 5) is 21.2. The molecular weight excluding hydrogens is 370 g/mol. The highest BCUT2D eigenvalue weighted by Crippen LogP contribution is 2.16. The molecule has 1 aromatic carbocycles. The van der Waals surface area contributed by atoms with Crippen LogP contribution in [-0.4, -0.2) is 54.0 Å².